The largest absolute Gasteiger partial charge is 0.399 e. The maximum Gasteiger partial charge on any atom is 0.265 e. The van der Waals surface area contributed by atoms with Crippen molar-refractivity contribution in [3.8, 4) is 10.4 Å². The van der Waals surface area contributed by atoms with Crippen LogP contribution in [0.1, 0.15) is 9.67 Å². The Morgan fingerprint density at radius 2 is 1.68 bits per heavy atom. The van der Waals surface area contributed by atoms with E-state index in [1.807, 2.05) is 72.8 Å². The number of carbonyl (C=O) groups is 1. The fraction of sp³-hybridized carbons (Fsp3) is 0. The first kappa shape index (κ1) is 15.4. The molecule has 4 heteroatoms. The first-order valence-corrected chi connectivity index (χ1v) is 8.76. The van der Waals surface area contributed by atoms with E-state index in [2.05, 4.69) is 11.4 Å². The van der Waals surface area contributed by atoms with E-state index >= 15 is 0 Å². The van der Waals surface area contributed by atoms with E-state index in [0.717, 1.165) is 26.9 Å². The molecule has 0 aliphatic rings. The quantitative estimate of drug-likeness (QED) is 0.489. The molecule has 3 nitrogen and oxygen atoms in total. The highest BCUT2D eigenvalue weighted by Crippen LogP contribution is 2.30. The number of thiophene rings is 1. The molecule has 0 saturated carbocycles. The lowest BCUT2D eigenvalue weighted by atomic mass is 10.1. The first-order valence-electron chi connectivity index (χ1n) is 7.95. The van der Waals surface area contributed by atoms with Crippen molar-refractivity contribution in [3.63, 3.8) is 0 Å². The summed E-state index contributed by atoms with van der Waals surface area (Å²) in [5.41, 5.74) is 8.37. The molecule has 4 aromatic rings. The molecule has 0 atom stereocenters. The third kappa shape index (κ3) is 3.25. The molecule has 0 saturated heterocycles. The summed E-state index contributed by atoms with van der Waals surface area (Å²) in [5, 5.41) is 5.23. The predicted molar refractivity (Wildman–Crippen MR) is 106 cm³/mol. The van der Waals surface area contributed by atoms with Crippen molar-refractivity contribution in [3.05, 3.63) is 83.7 Å². The smallest absolute Gasteiger partial charge is 0.265 e. The molecule has 1 amide bonds. The number of fused-ring (bicyclic) bond motifs is 1. The summed E-state index contributed by atoms with van der Waals surface area (Å²) < 4.78 is 0. The van der Waals surface area contributed by atoms with Crippen molar-refractivity contribution < 1.29 is 4.79 Å². The predicted octanol–water partition coefficient (Wildman–Crippen LogP) is 5.40. The van der Waals surface area contributed by atoms with Gasteiger partial charge in [0.1, 0.15) is 0 Å². The number of hydrogen-bond donors (Lipinski definition) is 2. The van der Waals surface area contributed by atoms with Crippen molar-refractivity contribution >= 4 is 39.4 Å². The van der Waals surface area contributed by atoms with Gasteiger partial charge in [-0.05, 0) is 52.7 Å². The lowest BCUT2D eigenvalue weighted by molar-refractivity contribution is 0.103. The number of hydrogen-bond acceptors (Lipinski definition) is 3. The second kappa shape index (κ2) is 6.42. The van der Waals surface area contributed by atoms with Crippen LogP contribution in [0.4, 0.5) is 11.4 Å². The second-order valence-electron chi connectivity index (χ2n) is 5.81. The molecule has 0 bridgehead atoms. The Morgan fingerprint density at radius 3 is 2.52 bits per heavy atom. The van der Waals surface area contributed by atoms with Crippen molar-refractivity contribution in [1.29, 1.82) is 0 Å². The van der Waals surface area contributed by atoms with Crippen molar-refractivity contribution in [1.82, 2.24) is 0 Å². The Bertz CT molecular complexity index is 1070. The lowest BCUT2D eigenvalue weighted by Gasteiger charge is -2.05. The number of rotatable bonds is 3. The van der Waals surface area contributed by atoms with E-state index in [0.29, 0.717) is 10.6 Å². The summed E-state index contributed by atoms with van der Waals surface area (Å²) in [5.74, 6) is -0.101. The molecule has 1 aromatic heterocycles. The van der Waals surface area contributed by atoms with Gasteiger partial charge in [0, 0.05) is 16.3 Å². The molecule has 0 aliphatic carbocycles. The molecule has 0 spiro atoms. The topological polar surface area (TPSA) is 55.1 Å². The van der Waals surface area contributed by atoms with Crippen LogP contribution in [0, 0.1) is 0 Å². The molecule has 0 fully saturated rings. The third-order valence-corrected chi connectivity index (χ3v) is 5.14. The highest BCUT2D eigenvalue weighted by atomic mass is 32.1. The van der Waals surface area contributed by atoms with Crippen molar-refractivity contribution in [2.45, 2.75) is 0 Å². The highest BCUT2D eigenvalue weighted by molar-refractivity contribution is 7.17. The van der Waals surface area contributed by atoms with Crippen LogP contribution in [0.5, 0.6) is 0 Å². The van der Waals surface area contributed by atoms with Crippen molar-refractivity contribution in [2.24, 2.45) is 0 Å². The summed E-state index contributed by atoms with van der Waals surface area (Å²) in [4.78, 5) is 14.2. The van der Waals surface area contributed by atoms with Crippen LogP contribution in [-0.4, -0.2) is 5.91 Å². The van der Waals surface area contributed by atoms with Crippen LogP contribution >= 0.6 is 11.3 Å². The third-order valence-electron chi connectivity index (χ3n) is 4.01. The molecule has 3 aromatic carbocycles. The zero-order valence-electron chi connectivity index (χ0n) is 13.4. The minimum Gasteiger partial charge on any atom is -0.399 e. The molecule has 0 radical (unpaired) electrons. The van der Waals surface area contributed by atoms with E-state index in [1.54, 1.807) is 0 Å². The van der Waals surface area contributed by atoms with E-state index in [9.17, 15) is 4.79 Å². The number of anilines is 2. The SMILES string of the molecule is Nc1cccc(-c2ccc(C(=O)Nc3ccc4ccccc4c3)s2)c1. The minimum absolute atomic E-state index is 0.101. The zero-order chi connectivity index (χ0) is 17.2. The fourth-order valence-electron chi connectivity index (χ4n) is 2.77. The van der Waals surface area contributed by atoms with Gasteiger partial charge >= 0.3 is 0 Å². The molecule has 1 heterocycles. The van der Waals surface area contributed by atoms with Gasteiger partial charge < -0.3 is 11.1 Å². The highest BCUT2D eigenvalue weighted by Gasteiger charge is 2.11. The zero-order valence-corrected chi connectivity index (χ0v) is 14.2. The average molecular weight is 344 g/mol. The maximum absolute atomic E-state index is 12.5. The summed E-state index contributed by atoms with van der Waals surface area (Å²) in [7, 11) is 0. The lowest BCUT2D eigenvalue weighted by Crippen LogP contribution is -2.09. The number of benzene rings is 3. The van der Waals surface area contributed by atoms with Crippen LogP contribution < -0.4 is 11.1 Å². The van der Waals surface area contributed by atoms with Crippen LogP contribution in [0.2, 0.25) is 0 Å². The molecule has 25 heavy (non-hydrogen) atoms. The average Bonchev–Trinajstić information content (AvgIpc) is 3.12. The second-order valence-corrected chi connectivity index (χ2v) is 6.89. The molecule has 0 unspecified atom stereocenters. The van der Waals surface area contributed by atoms with Crippen LogP contribution in [0.25, 0.3) is 21.2 Å². The van der Waals surface area contributed by atoms with Gasteiger partial charge in [0.15, 0.2) is 0 Å². The summed E-state index contributed by atoms with van der Waals surface area (Å²) in [6, 6.07) is 25.5. The Hall–Kier alpha value is -3.11. The number of nitrogens with one attached hydrogen (secondary N) is 1. The van der Waals surface area contributed by atoms with E-state index in [4.69, 9.17) is 5.73 Å². The van der Waals surface area contributed by atoms with Gasteiger partial charge in [0.25, 0.3) is 5.91 Å². The number of carbonyl (C=O) groups excluding carboxylic acids is 1. The van der Waals surface area contributed by atoms with Crippen LogP contribution in [0.15, 0.2) is 78.9 Å². The number of amides is 1. The van der Waals surface area contributed by atoms with E-state index < -0.39 is 0 Å². The molecular formula is C21H16N2OS. The standard InChI is InChI=1S/C21H16N2OS/c22-17-7-3-6-16(12-17)19-10-11-20(25-19)21(24)23-18-9-8-14-4-1-2-5-15(14)13-18/h1-13H,22H2,(H,23,24). The van der Waals surface area contributed by atoms with Gasteiger partial charge in [-0.3, -0.25) is 4.79 Å². The Kier molecular flexibility index (Phi) is 3.96. The summed E-state index contributed by atoms with van der Waals surface area (Å²) in [6.45, 7) is 0. The molecule has 0 aliphatic heterocycles. The first-order chi connectivity index (χ1) is 12.2. The van der Waals surface area contributed by atoms with Gasteiger partial charge in [-0.25, -0.2) is 0 Å². The molecule has 3 N–H and O–H groups in total. The normalized spacial score (nSPS) is 10.7. The summed E-state index contributed by atoms with van der Waals surface area (Å²) in [6.07, 6.45) is 0. The minimum atomic E-state index is -0.101. The van der Waals surface area contributed by atoms with E-state index in [1.165, 1.54) is 11.3 Å². The number of nitrogens with two attached hydrogens (primary N) is 1. The molecule has 4 rings (SSSR count). The molecule has 122 valence electrons. The Labute approximate surface area is 149 Å². The van der Waals surface area contributed by atoms with Crippen LogP contribution in [0.3, 0.4) is 0 Å². The van der Waals surface area contributed by atoms with Crippen LogP contribution in [-0.2, 0) is 0 Å². The van der Waals surface area contributed by atoms with Crippen molar-refractivity contribution in [2.75, 3.05) is 11.1 Å². The maximum atomic E-state index is 12.5. The van der Waals surface area contributed by atoms with E-state index in [-0.39, 0.29) is 5.91 Å². The Balaban J connectivity index is 1.56. The van der Waals surface area contributed by atoms with Gasteiger partial charge in [0.2, 0.25) is 0 Å². The molecular weight excluding hydrogens is 328 g/mol. The van der Waals surface area contributed by atoms with Gasteiger partial charge in [-0.2, -0.15) is 0 Å². The Morgan fingerprint density at radius 1 is 0.840 bits per heavy atom. The fourth-order valence-corrected chi connectivity index (χ4v) is 3.66. The van der Waals surface area contributed by atoms with Gasteiger partial charge in [0.05, 0.1) is 4.88 Å². The van der Waals surface area contributed by atoms with Gasteiger partial charge in [-0.15, -0.1) is 11.3 Å². The summed E-state index contributed by atoms with van der Waals surface area (Å²) >= 11 is 1.46. The monoisotopic (exact) mass is 344 g/mol. The van der Waals surface area contributed by atoms with Gasteiger partial charge in [-0.1, -0.05) is 42.5 Å². The number of nitrogen functional groups attached to an aromatic ring is 1.